The zero-order chi connectivity index (χ0) is 17.8. The van der Waals surface area contributed by atoms with E-state index in [1.165, 1.54) is 0 Å². The van der Waals surface area contributed by atoms with Crippen LogP contribution in [0, 0.1) is 0 Å². The molecule has 0 amide bonds. The molecule has 0 aromatic heterocycles. The van der Waals surface area contributed by atoms with Gasteiger partial charge in [0.15, 0.2) is 8.32 Å². The lowest BCUT2D eigenvalue weighted by atomic mass is 10.1. The molecule has 4 heteroatoms. The summed E-state index contributed by atoms with van der Waals surface area (Å²) in [7, 11) is -1.94. The highest BCUT2D eigenvalue weighted by Crippen LogP contribution is 2.36. The van der Waals surface area contributed by atoms with Crippen LogP contribution in [0.4, 0.5) is 0 Å². The number of hydrogen-bond donors (Lipinski definition) is 0. The smallest absolute Gasteiger partial charge is 0.336 e. The maximum absolute atomic E-state index is 12.0. The molecular formula is C20H26O3Si. The van der Waals surface area contributed by atoms with Crippen molar-refractivity contribution in [2.45, 2.75) is 38.9 Å². The highest BCUT2D eigenvalue weighted by atomic mass is 28.4. The molecule has 0 heterocycles. The Bertz CT molecular complexity index is 670. The van der Waals surface area contributed by atoms with Gasteiger partial charge < -0.3 is 9.16 Å². The van der Waals surface area contributed by atoms with Crippen LogP contribution in [0.25, 0.3) is 11.1 Å². The van der Waals surface area contributed by atoms with E-state index in [1.807, 2.05) is 54.6 Å². The zero-order valence-corrected chi connectivity index (χ0v) is 16.1. The summed E-state index contributed by atoms with van der Waals surface area (Å²) in [4.78, 5) is 12.0. The molecule has 0 saturated carbocycles. The van der Waals surface area contributed by atoms with E-state index < -0.39 is 8.32 Å². The van der Waals surface area contributed by atoms with Crippen molar-refractivity contribution in [3.8, 4) is 16.9 Å². The van der Waals surface area contributed by atoms with Crippen molar-refractivity contribution in [3.05, 3.63) is 54.6 Å². The summed E-state index contributed by atoms with van der Waals surface area (Å²) >= 11 is 0. The van der Waals surface area contributed by atoms with E-state index in [2.05, 4.69) is 33.9 Å². The third kappa shape index (κ3) is 4.79. The first-order valence-electron chi connectivity index (χ1n) is 8.19. The summed E-state index contributed by atoms with van der Waals surface area (Å²) in [5.74, 6) is 0.186. The van der Waals surface area contributed by atoms with Crippen LogP contribution in [0.5, 0.6) is 5.75 Å². The van der Waals surface area contributed by atoms with Crippen LogP contribution in [0.2, 0.25) is 18.1 Å². The van der Waals surface area contributed by atoms with Gasteiger partial charge in [-0.3, -0.25) is 0 Å². The number of carbonyl (C=O) groups excluding carboxylic acids is 1. The number of rotatable bonds is 5. The van der Waals surface area contributed by atoms with E-state index in [0.717, 1.165) is 11.1 Å². The van der Waals surface area contributed by atoms with Gasteiger partial charge in [-0.1, -0.05) is 63.2 Å². The van der Waals surface area contributed by atoms with Crippen LogP contribution in [-0.4, -0.2) is 20.9 Å². The lowest BCUT2D eigenvalue weighted by Gasteiger charge is -2.35. The summed E-state index contributed by atoms with van der Waals surface area (Å²) in [5.41, 5.74) is 2.23. The fourth-order valence-corrected chi connectivity index (χ4v) is 2.87. The minimum atomic E-state index is -1.94. The molecule has 0 radical (unpaired) electrons. The third-order valence-electron chi connectivity index (χ3n) is 4.55. The first-order valence-corrected chi connectivity index (χ1v) is 11.1. The van der Waals surface area contributed by atoms with Gasteiger partial charge >= 0.3 is 5.97 Å². The molecule has 0 saturated heterocycles. The molecule has 2 aromatic rings. The Hall–Kier alpha value is -1.91. The van der Waals surface area contributed by atoms with Gasteiger partial charge in [-0.2, -0.15) is 0 Å². The Balaban J connectivity index is 1.93. The fraction of sp³-hybridized carbons (Fsp3) is 0.350. The molecule has 0 aliphatic heterocycles. The first-order chi connectivity index (χ1) is 11.2. The topological polar surface area (TPSA) is 35.5 Å². The maximum Gasteiger partial charge on any atom is 0.336 e. The van der Waals surface area contributed by atoms with Crippen LogP contribution in [0.3, 0.4) is 0 Å². The van der Waals surface area contributed by atoms with Crippen molar-refractivity contribution in [1.29, 1.82) is 0 Å². The fourth-order valence-electron chi connectivity index (χ4n) is 1.96. The Kier molecular flexibility index (Phi) is 5.62. The van der Waals surface area contributed by atoms with Crippen LogP contribution in [0.15, 0.2) is 54.6 Å². The lowest BCUT2D eigenvalue weighted by molar-refractivity contribution is -0.136. The third-order valence-corrected chi connectivity index (χ3v) is 9.03. The number of esters is 1. The molecule has 0 aliphatic carbocycles. The standard InChI is InChI=1S/C20H26O3Si/c1-20(2,3)24(4,5)22-15-19(21)23-18-13-11-17(12-14-18)16-9-7-6-8-10-16/h6-14H,15H2,1-5H3. The van der Waals surface area contributed by atoms with Crippen molar-refractivity contribution < 1.29 is 14.0 Å². The second-order valence-electron chi connectivity index (χ2n) is 7.41. The number of hydrogen-bond acceptors (Lipinski definition) is 3. The van der Waals surface area contributed by atoms with E-state index in [9.17, 15) is 4.79 Å². The average Bonchev–Trinajstić information content (AvgIpc) is 2.53. The highest BCUT2D eigenvalue weighted by Gasteiger charge is 2.37. The summed E-state index contributed by atoms with van der Waals surface area (Å²) in [6.45, 7) is 10.7. The van der Waals surface area contributed by atoms with Crippen LogP contribution in [0.1, 0.15) is 20.8 Å². The Morgan fingerprint density at radius 2 is 1.46 bits per heavy atom. The second-order valence-corrected chi connectivity index (χ2v) is 12.2. The van der Waals surface area contributed by atoms with Gasteiger partial charge in [0.1, 0.15) is 12.4 Å². The van der Waals surface area contributed by atoms with E-state index in [4.69, 9.17) is 9.16 Å². The van der Waals surface area contributed by atoms with Gasteiger partial charge in [0.25, 0.3) is 0 Å². The molecule has 2 aromatic carbocycles. The van der Waals surface area contributed by atoms with Gasteiger partial charge in [-0.15, -0.1) is 0 Å². The predicted octanol–water partition coefficient (Wildman–Crippen LogP) is 5.28. The van der Waals surface area contributed by atoms with Crippen molar-refractivity contribution >= 4 is 14.3 Å². The van der Waals surface area contributed by atoms with Gasteiger partial charge in [-0.25, -0.2) is 4.79 Å². The zero-order valence-electron chi connectivity index (χ0n) is 15.1. The normalized spacial score (nSPS) is 12.0. The minimum absolute atomic E-state index is 0.00305. The molecule has 0 spiro atoms. The summed E-state index contributed by atoms with van der Waals surface area (Å²) < 4.78 is 11.3. The number of carbonyl (C=O) groups is 1. The van der Waals surface area contributed by atoms with Crippen molar-refractivity contribution in [1.82, 2.24) is 0 Å². The highest BCUT2D eigenvalue weighted by molar-refractivity contribution is 6.74. The van der Waals surface area contributed by atoms with E-state index in [1.54, 1.807) is 0 Å². The molecular weight excluding hydrogens is 316 g/mol. The minimum Gasteiger partial charge on any atom is -0.425 e. The molecule has 0 atom stereocenters. The molecule has 3 nitrogen and oxygen atoms in total. The van der Waals surface area contributed by atoms with Crippen LogP contribution >= 0.6 is 0 Å². The molecule has 0 N–H and O–H groups in total. The Morgan fingerprint density at radius 1 is 0.917 bits per heavy atom. The molecule has 0 bridgehead atoms. The van der Waals surface area contributed by atoms with Crippen LogP contribution < -0.4 is 4.74 Å². The van der Waals surface area contributed by atoms with E-state index >= 15 is 0 Å². The molecule has 128 valence electrons. The summed E-state index contributed by atoms with van der Waals surface area (Å²) in [5, 5.41) is 0.0740. The summed E-state index contributed by atoms with van der Waals surface area (Å²) in [6.07, 6.45) is 0. The SMILES string of the molecule is CC(C)(C)[Si](C)(C)OCC(=O)Oc1ccc(-c2ccccc2)cc1. The molecule has 0 aliphatic rings. The van der Waals surface area contributed by atoms with Gasteiger partial charge in [0, 0.05) is 0 Å². The molecule has 0 fully saturated rings. The van der Waals surface area contributed by atoms with Gasteiger partial charge in [-0.05, 0) is 41.4 Å². The monoisotopic (exact) mass is 342 g/mol. The van der Waals surface area contributed by atoms with Crippen molar-refractivity contribution in [2.75, 3.05) is 6.61 Å². The predicted molar refractivity (Wildman–Crippen MR) is 101 cm³/mol. The lowest BCUT2D eigenvalue weighted by Crippen LogP contribution is -2.42. The Morgan fingerprint density at radius 3 is 2.00 bits per heavy atom. The number of benzene rings is 2. The quantitative estimate of drug-likeness (QED) is 0.421. The summed E-state index contributed by atoms with van der Waals surface area (Å²) in [6, 6.07) is 17.6. The molecule has 2 rings (SSSR count). The Labute approximate surface area is 145 Å². The molecule has 24 heavy (non-hydrogen) atoms. The first kappa shape index (κ1) is 18.4. The van der Waals surface area contributed by atoms with Gasteiger partial charge in [0.2, 0.25) is 0 Å². The van der Waals surface area contributed by atoms with Crippen molar-refractivity contribution in [2.24, 2.45) is 0 Å². The number of ether oxygens (including phenoxy) is 1. The van der Waals surface area contributed by atoms with Crippen molar-refractivity contribution in [3.63, 3.8) is 0 Å². The maximum atomic E-state index is 12.0. The second kappa shape index (κ2) is 7.32. The van der Waals surface area contributed by atoms with E-state index in [-0.39, 0.29) is 17.6 Å². The van der Waals surface area contributed by atoms with E-state index in [0.29, 0.717) is 5.75 Å². The van der Waals surface area contributed by atoms with Crippen LogP contribution in [-0.2, 0) is 9.22 Å². The van der Waals surface area contributed by atoms with Gasteiger partial charge in [0.05, 0.1) is 0 Å². The molecule has 0 unspecified atom stereocenters. The average molecular weight is 343 g/mol. The largest absolute Gasteiger partial charge is 0.425 e.